The SMILES string of the molecule is CC1=Cc2c3c(n(C4=CC(n5c6c(c7c5CCC=C7)C5C7=C(CCC=C7)N(C7C=C(c8ccc(C9C=CC(C%10NC(C%11=CC(C#N)C(N%12C%13=C(CC%14C(=C%13)N(c%13ccccc%13)C%13C=CC=CC%14%13)C%13CCC=CC%13%12)CC%11N%11C%12=C(CC(C)C=C%12C)C%12CC(C)CC(C)C%12%11)=NC(C%11=CC=CCC%11)N%10)=CC9)cc8)C=CC7)C5C=C6)C(C#N)C=C4C4NC(C5C=CC=CC5)=NC(c5ccc(C6C=CC=CC6)cc5)N4)c2C(C)C1)C(C)=CC(C)C3. The summed E-state index contributed by atoms with van der Waals surface area (Å²) in [7, 11) is 0. The predicted molar refractivity (Wildman–Crippen MR) is 612 cm³/mol. The summed E-state index contributed by atoms with van der Waals surface area (Å²) >= 11 is 0. The number of benzene rings is 3. The van der Waals surface area contributed by atoms with Crippen molar-refractivity contribution >= 4 is 52.4 Å². The van der Waals surface area contributed by atoms with E-state index < -0.39 is 11.8 Å². The molecule has 756 valence electrons. The van der Waals surface area contributed by atoms with E-state index in [9.17, 15) is 10.5 Å². The van der Waals surface area contributed by atoms with Gasteiger partial charge in [0.1, 0.15) is 36.3 Å². The molecule has 150 heavy (non-hydrogen) atoms. The van der Waals surface area contributed by atoms with Crippen molar-refractivity contribution in [1.82, 2.24) is 45.1 Å². The Kier molecular flexibility index (Phi) is 23.7. The molecule has 2 fully saturated rings. The van der Waals surface area contributed by atoms with Crippen LogP contribution >= 0.6 is 0 Å². The van der Waals surface area contributed by atoms with Gasteiger partial charge in [-0.2, -0.15) is 10.5 Å². The summed E-state index contributed by atoms with van der Waals surface area (Å²) in [6.07, 6.45) is 105. The third-order valence-electron chi connectivity index (χ3n) is 38.8. The van der Waals surface area contributed by atoms with Crippen molar-refractivity contribution in [1.29, 1.82) is 10.5 Å². The largest absolute Gasteiger partial charge is 0.360 e. The molecule has 1 saturated heterocycles. The minimum atomic E-state index is -0.508. The first-order valence-electron chi connectivity index (χ1n) is 57.4. The molecule has 28 rings (SSSR count). The third kappa shape index (κ3) is 15.6. The molecule has 5 aromatic rings. The van der Waals surface area contributed by atoms with E-state index in [0.717, 1.165) is 138 Å². The molecular weight excluding hydrogens is 1830 g/mol. The summed E-state index contributed by atoms with van der Waals surface area (Å²) in [5, 5.41) is 41.3. The summed E-state index contributed by atoms with van der Waals surface area (Å²) in [5.41, 5.74) is 39.1. The molecule has 14 nitrogen and oxygen atoms in total. The maximum atomic E-state index is 12.3. The van der Waals surface area contributed by atoms with Gasteiger partial charge in [0.25, 0.3) is 0 Å². The Labute approximate surface area is 887 Å². The molecule has 23 aliphatic rings. The second kappa shape index (κ2) is 37.8. The van der Waals surface area contributed by atoms with Gasteiger partial charge in [0.15, 0.2) is 0 Å². The number of amidine groups is 2. The summed E-state index contributed by atoms with van der Waals surface area (Å²) in [6.45, 7) is 19.5. The molecule has 17 aliphatic carbocycles. The van der Waals surface area contributed by atoms with Gasteiger partial charge in [-0.1, -0.05) is 307 Å². The highest BCUT2D eigenvalue weighted by Gasteiger charge is 2.58. The highest BCUT2D eigenvalue weighted by atomic mass is 15.3. The van der Waals surface area contributed by atoms with Gasteiger partial charge in [0, 0.05) is 116 Å². The number of hydrogen-bond acceptors (Lipinski definition) is 12. The van der Waals surface area contributed by atoms with Crippen molar-refractivity contribution in [3.8, 4) is 12.1 Å². The Morgan fingerprint density at radius 1 is 0.520 bits per heavy atom. The average Bonchev–Trinajstić information content (AvgIpc) is 1.54. The van der Waals surface area contributed by atoms with Crippen molar-refractivity contribution in [2.75, 3.05) is 4.90 Å². The monoisotopic (exact) mass is 1970 g/mol. The molecule has 14 heteroatoms. The molecule has 6 aliphatic heterocycles. The summed E-state index contributed by atoms with van der Waals surface area (Å²) in [5.74, 6) is 5.64. The fourth-order valence-corrected chi connectivity index (χ4v) is 32.7. The van der Waals surface area contributed by atoms with Crippen LogP contribution in [0, 0.1) is 87.8 Å². The minimum Gasteiger partial charge on any atom is -0.360 e. The highest BCUT2D eigenvalue weighted by molar-refractivity contribution is 6.01. The maximum Gasteiger partial charge on any atom is 0.129 e. The highest BCUT2D eigenvalue weighted by Crippen LogP contribution is 2.62. The number of nitriles is 2. The van der Waals surface area contributed by atoms with Gasteiger partial charge in [-0.15, -0.1) is 0 Å². The van der Waals surface area contributed by atoms with Gasteiger partial charge >= 0.3 is 0 Å². The molecule has 0 bridgehead atoms. The number of aromatic nitrogens is 2. The first kappa shape index (κ1) is 93.8. The molecule has 0 spiro atoms. The first-order chi connectivity index (χ1) is 73.6. The Morgan fingerprint density at radius 3 is 2.09 bits per heavy atom. The van der Waals surface area contributed by atoms with Gasteiger partial charge < -0.3 is 39.4 Å². The van der Waals surface area contributed by atoms with Crippen LogP contribution < -0.4 is 26.2 Å². The van der Waals surface area contributed by atoms with E-state index in [1.807, 2.05) is 0 Å². The van der Waals surface area contributed by atoms with Crippen LogP contribution in [0.15, 0.2) is 362 Å². The van der Waals surface area contributed by atoms with E-state index >= 15 is 0 Å². The second-order valence-electron chi connectivity index (χ2n) is 48.2. The van der Waals surface area contributed by atoms with Crippen LogP contribution in [0.3, 0.4) is 0 Å². The van der Waals surface area contributed by atoms with Crippen molar-refractivity contribution in [2.45, 2.75) is 274 Å². The predicted octanol–water partition coefficient (Wildman–Crippen LogP) is 27.8. The lowest BCUT2D eigenvalue weighted by Gasteiger charge is -2.51. The third-order valence-corrected chi connectivity index (χ3v) is 38.8. The van der Waals surface area contributed by atoms with Crippen LogP contribution in [0.4, 0.5) is 5.69 Å². The second-order valence-corrected chi connectivity index (χ2v) is 48.2. The molecule has 4 N–H and O–H groups in total. The zero-order valence-electron chi connectivity index (χ0n) is 88.3. The fourth-order valence-electron chi connectivity index (χ4n) is 32.7. The standard InChI is InChI=1S/C136H142N14/c1-79-62-83(5)127-107(66-79)108-67-80(2)63-84(6)128(108)149(127)123-74-119(97(77-137)71-111(123)135-141-131(92-32-15-10-16-33-92)139-133(143-135)94-56-52-88(53-57-94)87-30-13-9-14-31-87)147-116-47-28-24-43-104(116)126-118(147)61-60-117-125(126)103-42-23-27-46-115(103)146(117)100-39-29-36-96(70-100)91-50-48-89(49-51-91)90-54-58-95(59-55-90)134-140-132(93-34-17-11-18-35-93)142-136(144-134)112-72-98(78-138)120(75-124(112)150-129-85(7)64-81(3)68-109(129)110-69-82(4)65-86(8)130(110)150)148-114-45-26-22-41-102(114)106-73-105-101-40-21-25-44-113(101)145(121(105)76-122(106)148)99-37-19-12-20-38-99/h9-17,19-21,23-26,29-30,32,34,36-38,40,42-45,48-54,56-62,64,67,70-72,74,76,79,81-82,84,86-87,90,92,97-98,100-102,105,110,113-114,117,119-120,124-125,130,132-135,140,143H,18,22,27-28,31,33,35,39,41,46-47,55,63,65-66,68-69,73,75H2,1-8H3,(H,139,141)(H,142,144). The van der Waals surface area contributed by atoms with E-state index in [1.54, 1.807) is 11.1 Å². The van der Waals surface area contributed by atoms with Crippen molar-refractivity contribution in [3.63, 3.8) is 0 Å². The van der Waals surface area contributed by atoms with E-state index in [2.05, 4.69) is 415 Å². The molecule has 0 radical (unpaired) electrons. The number of allylic oxidation sites excluding steroid dienone is 30. The minimum absolute atomic E-state index is 0.0471. The summed E-state index contributed by atoms with van der Waals surface area (Å²) < 4.78 is 5.39. The molecule has 3 aromatic carbocycles. The van der Waals surface area contributed by atoms with Crippen molar-refractivity contribution in [3.05, 3.63) is 420 Å². The van der Waals surface area contributed by atoms with E-state index in [4.69, 9.17) is 9.98 Å². The normalized spacial score (nSPS) is 35.1. The molecule has 2 aromatic heterocycles. The zero-order chi connectivity index (χ0) is 101. The number of para-hydroxylation sites is 1. The lowest BCUT2D eigenvalue weighted by Crippen LogP contribution is -2.60. The molecular formula is C136H142N14. The molecule has 27 unspecified atom stereocenters. The van der Waals surface area contributed by atoms with Crippen LogP contribution in [-0.4, -0.2) is 96.3 Å². The van der Waals surface area contributed by atoms with E-state index in [-0.39, 0.29) is 90.6 Å². The number of hydrogen-bond donors (Lipinski definition) is 4. The Balaban J connectivity index is 0.480. The number of anilines is 1. The van der Waals surface area contributed by atoms with Gasteiger partial charge in [-0.3, -0.25) is 10.6 Å². The van der Waals surface area contributed by atoms with E-state index in [1.165, 1.54) is 148 Å². The van der Waals surface area contributed by atoms with Crippen LogP contribution in [-0.2, 0) is 12.8 Å². The van der Waals surface area contributed by atoms with Gasteiger partial charge in [-0.25, -0.2) is 9.98 Å². The maximum absolute atomic E-state index is 12.3. The molecule has 27 atom stereocenters. The topological polar surface area (TPSA) is 143 Å². The van der Waals surface area contributed by atoms with Crippen LogP contribution in [0.5, 0.6) is 0 Å². The van der Waals surface area contributed by atoms with Crippen LogP contribution in [0.1, 0.15) is 268 Å². The quantitative estimate of drug-likeness (QED) is 0.0748. The average molecular weight is 1970 g/mol. The Hall–Kier alpha value is -13.5. The van der Waals surface area contributed by atoms with E-state index in [0.29, 0.717) is 59.3 Å². The molecule has 1 saturated carbocycles. The number of aliphatic imine (C=N–C) groups is 2. The summed E-state index contributed by atoms with van der Waals surface area (Å²) in [6, 6.07) is 36.8. The number of fused-ring (bicyclic) bond motifs is 16. The molecule has 0 amide bonds. The van der Waals surface area contributed by atoms with Gasteiger partial charge in [0.2, 0.25) is 0 Å². The number of nitrogens with one attached hydrogen (secondary N) is 4. The van der Waals surface area contributed by atoms with Gasteiger partial charge in [-0.05, 0) is 286 Å². The van der Waals surface area contributed by atoms with Crippen LogP contribution in [0.25, 0.3) is 35.1 Å². The van der Waals surface area contributed by atoms with Crippen molar-refractivity contribution in [2.24, 2.45) is 75.1 Å². The lowest BCUT2D eigenvalue weighted by atomic mass is 9.69. The zero-order valence-corrected chi connectivity index (χ0v) is 88.3. The van der Waals surface area contributed by atoms with Gasteiger partial charge in [0.05, 0.1) is 77.7 Å². The number of rotatable bonds is 15. The summed E-state index contributed by atoms with van der Waals surface area (Å²) in [4.78, 5) is 23.0. The Bertz CT molecular complexity index is 7500. The smallest absolute Gasteiger partial charge is 0.129 e. The Morgan fingerprint density at radius 2 is 1.29 bits per heavy atom. The fraction of sp³-hybridized carbons (Fsp3) is 0.397. The lowest BCUT2D eigenvalue weighted by molar-refractivity contribution is 0.0662. The molecule has 8 heterocycles. The van der Waals surface area contributed by atoms with Crippen molar-refractivity contribution < 1.29 is 0 Å². The number of nitrogens with zero attached hydrogens (tertiary/aromatic N) is 10. The first-order valence-corrected chi connectivity index (χ1v) is 57.4. The van der Waals surface area contributed by atoms with Crippen LogP contribution in [0.2, 0.25) is 0 Å².